The predicted molar refractivity (Wildman–Crippen MR) is 80.8 cm³/mol. The second-order valence-electron chi connectivity index (χ2n) is 5.76. The topological polar surface area (TPSA) is 33.6 Å². The van der Waals surface area contributed by atoms with Crippen molar-refractivity contribution in [2.75, 3.05) is 0 Å². The molecule has 0 radical (unpaired) electrons. The Morgan fingerprint density at radius 3 is 2.95 bits per heavy atom. The smallest absolute Gasteiger partial charge is 0.179 e. The van der Waals surface area contributed by atoms with Gasteiger partial charge in [0.25, 0.3) is 0 Å². The van der Waals surface area contributed by atoms with Crippen LogP contribution in [0.5, 0.6) is 0 Å². The lowest BCUT2D eigenvalue weighted by Crippen LogP contribution is -2.10. The van der Waals surface area contributed by atoms with Gasteiger partial charge in [0.15, 0.2) is 10.4 Å². The fourth-order valence-electron chi connectivity index (χ4n) is 3.14. The molecule has 1 aliphatic carbocycles. The third-order valence-electron chi connectivity index (χ3n) is 4.23. The number of rotatable bonds is 3. The number of hydrogen-bond donors (Lipinski definition) is 1. The molecule has 0 amide bonds. The molecule has 3 rings (SSSR count). The number of nitrogens with zero attached hydrogens (tertiary/aromatic N) is 2. The van der Waals surface area contributed by atoms with E-state index in [1.807, 2.05) is 6.20 Å². The molecule has 2 heterocycles. The highest BCUT2D eigenvalue weighted by Gasteiger charge is 2.14. The summed E-state index contributed by atoms with van der Waals surface area (Å²) in [5, 5.41) is 0. The van der Waals surface area contributed by atoms with Crippen molar-refractivity contribution in [2.24, 2.45) is 5.92 Å². The third kappa shape index (κ3) is 2.73. The average molecular weight is 275 g/mol. The lowest BCUT2D eigenvalue weighted by Gasteiger charge is -2.21. The number of fused-ring (bicyclic) bond motifs is 1. The Hall–Kier alpha value is -1.16. The first-order valence-electron chi connectivity index (χ1n) is 7.29. The van der Waals surface area contributed by atoms with Crippen molar-refractivity contribution in [3.8, 4) is 0 Å². The maximum Gasteiger partial charge on any atom is 0.179 e. The van der Waals surface area contributed by atoms with Gasteiger partial charge < -0.3 is 9.55 Å². The van der Waals surface area contributed by atoms with Crippen LogP contribution in [0.1, 0.15) is 44.1 Å². The highest BCUT2D eigenvalue weighted by molar-refractivity contribution is 7.71. The molecule has 2 aromatic rings. The van der Waals surface area contributed by atoms with Crippen molar-refractivity contribution in [1.82, 2.24) is 14.5 Å². The van der Waals surface area contributed by atoms with Gasteiger partial charge >= 0.3 is 0 Å². The molecule has 3 nitrogen and oxygen atoms in total. The summed E-state index contributed by atoms with van der Waals surface area (Å²) in [7, 11) is 0. The van der Waals surface area contributed by atoms with Crippen LogP contribution >= 0.6 is 12.2 Å². The maximum absolute atomic E-state index is 5.43. The van der Waals surface area contributed by atoms with E-state index in [0.717, 1.165) is 28.4 Å². The third-order valence-corrected chi connectivity index (χ3v) is 4.55. The lowest BCUT2D eigenvalue weighted by atomic mass is 9.87. The van der Waals surface area contributed by atoms with Crippen molar-refractivity contribution < 1.29 is 0 Å². The molecule has 0 saturated heterocycles. The van der Waals surface area contributed by atoms with Gasteiger partial charge in [0.05, 0.1) is 5.52 Å². The zero-order valence-corrected chi connectivity index (χ0v) is 12.3. The van der Waals surface area contributed by atoms with Crippen LogP contribution in [-0.2, 0) is 6.54 Å². The zero-order chi connectivity index (χ0) is 13.2. The van der Waals surface area contributed by atoms with Crippen molar-refractivity contribution in [3.05, 3.63) is 22.6 Å². The molecule has 0 aliphatic heterocycles. The van der Waals surface area contributed by atoms with Crippen LogP contribution in [0, 0.1) is 17.6 Å². The Kier molecular flexibility index (Phi) is 3.69. The van der Waals surface area contributed by atoms with E-state index in [1.165, 1.54) is 44.1 Å². The molecule has 1 N–H and O–H groups in total. The normalized spacial score (nSPS) is 17.1. The Labute approximate surface area is 119 Å². The van der Waals surface area contributed by atoms with Gasteiger partial charge in [-0.3, -0.25) is 0 Å². The van der Waals surface area contributed by atoms with Crippen molar-refractivity contribution >= 4 is 23.4 Å². The molecule has 1 aliphatic rings. The van der Waals surface area contributed by atoms with Gasteiger partial charge in [-0.05, 0) is 43.1 Å². The molecule has 0 aromatic carbocycles. The largest absolute Gasteiger partial charge is 0.329 e. The number of nitrogens with one attached hydrogen (secondary N) is 1. The van der Waals surface area contributed by atoms with Gasteiger partial charge in [-0.15, -0.1) is 0 Å². The van der Waals surface area contributed by atoms with Crippen LogP contribution in [0.2, 0.25) is 0 Å². The number of hydrogen-bond acceptors (Lipinski definition) is 2. The van der Waals surface area contributed by atoms with Gasteiger partial charge in [0.1, 0.15) is 0 Å². The van der Waals surface area contributed by atoms with E-state index in [0.29, 0.717) is 0 Å². The molecule has 0 atom stereocenters. The predicted octanol–water partition coefficient (Wildman–Crippen LogP) is 4.37. The van der Waals surface area contributed by atoms with Gasteiger partial charge in [0.2, 0.25) is 0 Å². The first-order valence-corrected chi connectivity index (χ1v) is 7.70. The van der Waals surface area contributed by atoms with E-state index in [2.05, 4.69) is 27.5 Å². The van der Waals surface area contributed by atoms with Crippen LogP contribution in [0.15, 0.2) is 12.3 Å². The van der Waals surface area contributed by atoms with Gasteiger partial charge in [0, 0.05) is 12.7 Å². The summed E-state index contributed by atoms with van der Waals surface area (Å²) in [6.07, 6.45) is 10.2. The molecule has 1 fully saturated rings. The molecule has 19 heavy (non-hydrogen) atoms. The van der Waals surface area contributed by atoms with Gasteiger partial charge in [-0.2, -0.15) is 0 Å². The summed E-state index contributed by atoms with van der Waals surface area (Å²) in [6.45, 7) is 3.06. The highest BCUT2D eigenvalue weighted by Crippen LogP contribution is 2.27. The molecule has 0 bridgehead atoms. The number of aromatic amines is 1. The number of H-pyrrole nitrogens is 1. The molecule has 0 unspecified atom stereocenters. The van der Waals surface area contributed by atoms with Crippen LogP contribution in [0.25, 0.3) is 11.2 Å². The molecule has 1 saturated carbocycles. The Balaban J connectivity index is 1.80. The van der Waals surface area contributed by atoms with Crippen LogP contribution in [0.3, 0.4) is 0 Å². The monoisotopic (exact) mass is 275 g/mol. The average Bonchev–Trinajstić information content (AvgIpc) is 2.72. The SMILES string of the molecule is Cc1cnc2c(c1)[nH]c(=S)n2CCC1CCCCC1. The van der Waals surface area contributed by atoms with Crippen LogP contribution in [-0.4, -0.2) is 14.5 Å². The Morgan fingerprint density at radius 1 is 1.37 bits per heavy atom. The molecule has 0 spiro atoms. The minimum atomic E-state index is 0.809. The first-order chi connectivity index (χ1) is 9.24. The van der Waals surface area contributed by atoms with Crippen LogP contribution in [0.4, 0.5) is 0 Å². The summed E-state index contributed by atoms with van der Waals surface area (Å²) in [6, 6.07) is 2.12. The van der Waals surface area contributed by atoms with Gasteiger partial charge in [-0.1, -0.05) is 32.1 Å². The highest BCUT2D eigenvalue weighted by atomic mass is 32.1. The van der Waals surface area contributed by atoms with Crippen molar-refractivity contribution in [3.63, 3.8) is 0 Å². The van der Waals surface area contributed by atoms with E-state index >= 15 is 0 Å². The summed E-state index contributed by atoms with van der Waals surface area (Å²) >= 11 is 5.43. The van der Waals surface area contributed by atoms with E-state index in [-0.39, 0.29) is 0 Å². The number of imidazole rings is 1. The minimum absolute atomic E-state index is 0.809. The number of aromatic nitrogens is 3. The molecule has 4 heteroatoms. The summed E-state index contributed by atoms with van der Waals surface area (Å²) in [4.78, 5) is 7.80. The minimum Gasteiger partial charge on any atom is -0.329 e. The first kappa shape index (κ1) is 12.9. The van der Waals surface area contributed by atoms with Crippen LogP contribution < -0.4 is 0 Å². The fraction of sp³-hybridized carbons (Fsp3) is 0.600. The summed E-state index contributed by atoms with van der Waals surface area (Å²) in [5.74, 6) is 0.881. The van der Waals surface area contributed by atoms with E-state index in [4.69, 9.17) is 12.2 Å². The second-order valence-corrected chi connectivity index (χ2v) is 6.15. The Morgan fingerprint density at radius 2 is 2.16 bits per heavy atom. The number of pyridine rings is 1. The van der Waals surface area contributed by atoms with E-state index < -0.39 is 0 Å². The van der Waals surface area contributed by atoms with Crippen molar-refractivity contribution in [2.45, 2.75) is 52.0 Å². The standard InChI is InChI=1S/C15H21N3S/c1-11-9-13-14(16-10-11)18(15(19)17-13)8-7-12-5-3-2-4-6-12/h9-10,12H,2-8H2,1H3,(H,17,19). The van der Waals surface area contributed by atoms with E-state index in [9.17, 15) is 0 Å². The maximum atomic E-state index is 5.43. The second kappa shape index (κ2) is 5.45. The number of aryl methyl sites for hydroxylation is 2. The quantitative estimate of drug-likeness (QED) is 0.844. The van der Waals surface area contributed by atoms with Crippen molar-refractivity contribution in [1.29, 1.82) is 0 Å². The molecular weight excluding hydrogens is 254 g/mol. The molecule has 2 aromatic heterocycles. The molecule has 102 valence electrons. The van der Waals surface area contributed by atoms with Gasteiger partial charge in [-0.25, -0.2) is 4.98 Å². The van der Waals surface area contributed by atoms with E-state index in [1.54, 1.807) is 0 Å². The zero-order valence-electron chi connectivity index (χ0n) is 11.5. The summed E-state index contributed by atoms with van der Waals surface area (Å²) < 4.78 is 2.97. The fourth-order valence-corrected chi connectivity index (χ4v) is 3.43. The molecular formula is C15H21N3S. The summed E-state index contributed by atoms with van der Waals surface area (Å²) in [5.41, 5.74) is 3.24. The lowest BCUT2D eigenvalue weighted by molar-refractivity contribution is 0.324. The Bertz CT molecular complexity index is 620.